The van der Waals surface area contributed by atoms with Gasteiger partial charge in [0.2, 0.25) is 0 Å². The van der Waals surface area contributed by atoms with E-state index >= 15 is 0 Å². The lowest BCUT2D eigenvalue weighted by atomic mass is 9.92. The first-order chi connectivity index (χ1) is 26.7. The van der Waals surface area contributed by atoms with E-state index in [0.717, 1.165) is 33.4 Å². The number of pyridine rings is 2. The van der Waals surface area contributed by atoms with Gasteiger partial charge < -0.3 is 0 Å². The van der Waals surface area contributed by atoms with Crippen molar-refractivity contribution < 1.29 is 0 Å². The maximum atomic E-state index is 4.39. The van der Waals surface area contributed by atoms with Gasteiger partial charge in [-0.3, -0.25) is 9.97 Å². The molecule has 0 aliphatic carbocycles. The van der Waals surface area contributed by atoms with E-state index in [1.54, 1.807) is 0 Å². The van der Waals surface area contributed by atoms with Crippen LogP contribution in [-0.4, -0.2) is 9.97 Å². The highest BCUT2D eigenvalue weighted by Gasteiger charge is 2.11. The molecular weight excluding hydrogens is 653 g/mol. The molecule has 2 aromatic heterocycles. The van der Waals surface area contributed by atoms with Crippen LogP contribution in [-0.2, 0) is 0 Å². The summed E-state index contributed by atoms with van der Waals surface area (Å²) in [7, 11) is 0. The number of rotatable bonds is 8. The fourth-order valence-corrected chi connectivity index (χ4v) is 7.22. The van der Waals surface area contributed by atoms with Gasteiger partial charge in [-0.25, -0.2) is 0 Å². The van der Waals surface area contributed by atoms with Crippen LogP contribution in [0.4, 0.5) is 0 Å². The van der Waals surface area contributed by atoms with Crippen molar-refractivity contribution in [3.63, 3.8) is 0 Å². The van der Waals surface area contributed by atoms with Crippen molar-refractivity contribution in [2.75, 3.05) is 0 Å². The van der Waals surface area contributed by atoms with Gasteiger partial charge in [0, 0.05) is 35.9 Å². The summed E-state index contributed by atoms with van der Waals surface area (Å²) < 4.78 is 0. The second-order valence-corrected chi connectivity index (χ2v) is 13.6. The van der Waals surface area contributed by atoms with Gasteiger partial charge in [-0.05, 0) is 139 Å². The van der Waals surface area contributed by atoms with Gasteiger partial charge in [0.1, 0.15) is 0 Å². The molecule has 0 saturated heterocycles. The summed E-state index contributed by atoms with van der Waals surface area (Å²) in [6.07, 6.45) is 7.47. The largest absolute Gasteiger partial charge is 0.264 e. The van der Waals surface area contributed by atoms with E-state index in [4.69, 9.17) is 0 Å². The summed E-state index contributed by atoms with van der Waals surface area (Å²) in [4.78, 5) is 8.78. The SMILES string of the molecule is c1ccc(-c2cccc(-c3cccc(-c4cccc(-c5cccc(-c6cccc(-c7cc(-c8cccnc8)cc(-c8cccnc8)c7)c6)c5)c4)c3)c2)cc1. The molecule has 2 heteroatoms. The number of nitrogens with zero attached hydrogens (tertiary/aromatic N) is 2. The van der Waals surface area contributed by atoms with Crippen molar-refractivity contribution >= 4 is 0 Å². The molecule has 254 valence electrons. The van der Waals surface area contributed by atoms with E-state index < -0.39 is 0 Å². The summed E-state index contributed by atoms with van der Waals surface area (Å²) in [6, 6.07) is 69.7. The zero-order valence-electron chi connectivity index (χ0n) is 29.7. The molecule has 2 nitrogen and oxygen atoms in total. The lowest BCUT2D eigenvalue weighted by Gasteiger charge is -2.13. The van der Waals surface area contributed by atoms with Gasteiger partial charge in [-0.15, -0.1) is 0 Å². The molecule has 0 aliphatic heterocycles. The first-order valence-corrected chi connectivity index (χ1v) is 18.3. The fourth-order valence-electron chi connectivity index (χ4n) is 7.22. The van der Waals surface area contributed by atoms with Crippen LogP contribution in [0, 0.1) is 0 Å². The van der Waals surface area contributed by atoms with E-state index in [-0.39, 0.29) is 0 Å². The Bertz CT molecular complexity index is 2640. The van der Waals surface area contributed by atoms with E-state index in [0.29, 0.717) is 0 Å². The van der Waals surface area contributed by atoms with Crippen LogP contribution in [0.1, 0.15) is 0 Å². The molecule has 0 atom stereocenters. The normalized spacial score (nSPS) is 11.0. The minimum Gasteiger partial charge on any atom is -0.264 e. The summed E-state index contributed by atoms with van der Waals surface area (Å²) in [5.74, 6) is 0. The lowest BCUT2D eigenvalue weighted by Crippen LogP contribution is -1.88. The fraction of sp³-hybridized carbons (Fsp3) is 0. The Labute approximate surface area is 316 Å². The van der Waals surface area contributed by atoms with Gasteiger partial charge in [0.25, 0.3) is 0 Å². The molecule has 0 N–H and O–H groups in total. The highest BCUT2D eigenvalue weighted by Crippen LogP contribution is 2.36. The monoisotopic (exact) mass is 688 g/mol. The highest BCUT2D eigenvalue weighted by molar-refractivity contribution is 5.84. The zero-order chi connectivity index (χ0) is 36.1. The molecule has 0 radical (unpaired) electrons. The first kappa shape index (κ1) is 32.7. The molecule has 0 spiro atoms. The number of hydrogen-bond donors (Lipinski definition) is 0. The van der Waals surface area contributed by atoms with E-state index in [2.05, 4.69) is 192 Å². The average Bonchev–Trinajstić information content (AvgIpc) is 3.27. The van der Waals surface area contributed by atoms with Crippen molar-refractivity contribution in [2.45, 2.75) is 0 Å². The minimum atomic E-state index is 1.08. The molecule has 9 aromatic rings. The van der Waals surface area contributed by atoms with Crippen LogP contribution in [0.25, 0.3) is 89.0 Å². The third-order valence-electron chi connectivity index (χ3n) is 10.0. The molecule has 54 heavy (non-hydrogen) atoms. The quantitative estimate of drug-likeness (QED) is 0.159. The summed E-state index contributed by atoms with van der Waals surface area (Å²) in [6.45, 7) is 0. The first-order valence-electron chi connectivity index (χ1n) is 18.3. The number of hydrogen-bond acceptors (Lipinski definition) is 2. The van der Waals surface area contributed by atoms with Gasteiger partial charge >= 0.3 is 0 Å². The van der Waals surface area contributed by atoms with Gasteiger partial charge in [-0.2, -0.15) is 0 Å². The molecule has 0 bridgehead atoms. The molecule has 0 aliphatic rings. The number of benzene rings is 7. The molecule has 9 rings (SSSR count). The summed E-state index contributed by atoms with van der Waals surface area (Å²) >= 11 is 0. The maximum Gasteiger partial charge on any atom is 0.0346 e. The molecule has 0 fully saturated rings. The lowest BCUT2D eigenvalue weighted by molar-refractivity contribution is 1.32. The molecule has 0 unspecified atom stereocenters. The van der Waals surface area contributed by atoms with Crippen LogP contribution in [0.5, 0.6) is 0 Å². The zero-order valence-corrected chi connectivity index (χ0v) is 29.7. The van der Waals surface area contributed by atoms with Crippen LogP contribution >= 0.6 is 0 Å². The van der Waals surface area contributed by atoms with Crippen molar-refractivity contribution in [3.05, 3.63) is 219 Å². The Hall–Kier alpha value is -7.16. The Kier molecular flexibility index (Phi) is 8.99. The van der Waals surface area contributed by atoms with Gasteiger partial charge in [0.05, 0.1) is 0 Å². The minimum absolute atomic E-state index is 1.08. The average molecular weight is 689 g/mol. The Balaban J connectivity index is 1.03. The van der Waals surface area contributed by atoms with Crippen molar-refractivity contribution in [1.82, 2.24) is 9.97 Å². The van der Waals surface area contributed by atoms with Gasteiger partial charge in [-0.1, -0.05) is 133 Å². The van der Waals surface area contributed by atoms with Crippen LogP contribution in [0.15, 0.2) is 219 Å². The van der Waals surface area contributed by atoms with Crippen molar-refractivity contribution in [1.29, 1.82) is 0 Å². The molecule has 2 heterocycles. The van der Waals surface area contributed by atoms with Crippen LogP contribution < -0.4 is 0 Å². The maximum absolute atomic E-state index is 4.39. The standard InChI is InChI=1S/C52H36N2/c1-2-11-37(12-3-1)38-13-4-14-39(27-38)40-15-5-16-41(28-40)42-17-6-18-43(29-42)44-19-7-20-45(30-44)46-21-8-22-47(31-46)50-32-51(48-23-9-25-53-35-48)34-52(33-50)49-24-10-26-54-36-49/h1-36H. The van der Waals surface area contributed by atoms with Crippen molar-refractivity contribution in [2.24, 2.45) is 0 Å². The smallest absolute Gasteiger partial charge is 0.0346 e. The second-order valence-electron chi connectivity index (χ2n) is 13.6. The summed E-state index contributed by atoms with van der Waals surface area (Å²) in [5.41, 5.74) is 18.7. The Morgan fingerprint density at radius 3 is 0.741 bits per heavy atom. The molecular formula is C52H36N2. The van der Waals surface area contributed by atoms with Crippen molar-refractivity contribution in [3.8, 4) is 89.0 Å². The van der Waals surface area contributed by atoms with E-state index in [9.17, 15) is 0 Å². The molecule has 0 saturated carbocycles. The third kappa shape index (κ3) is 7.01. The second kappa shape index (κ2) is 14.8. The third-order valence-corrected chi connectivity index (χ3v) is 10.0. The highest BCUT2D eigenvalue weighted by atomic mass is 14.6. The van der Waals surface area contributed by atoms with Crippen LogP contribution in [0.2, 0.25) is 0 Å². The number of aromatic nitrogens is 2. The molecule has 7 aromatic carbocycles. The van der Waals surface area contributed by atoms with Gasteiger partial charge in [0.15, 0.2) is 0 Å². The predicted octanol–water partition coefficient (Wildman–Crippen LogP) is 13.8. The summed E-state index contributed by atoms with van der Waals surface area (Å²) in [5, 5.41) is 0. The van der Waals surface area contributed by atoms with E-state index in [1.807, 2.05) is 36.9 Å². The Morgan fingerprint density at radius 1 is 0.185 bits per heavy atom. The predicted molar refractivity (Wildman–Crippen MR) is 226 cm³/mol. The molecule has 0 amide bonds. The Morgan fingerprint density at radius 2 is 0.426 bits per heavy atom. The topological polar surface area (TPSA) is 25.8 Å². The van der Waals surface area contributed by atoms with E-state index in [1.165, 1.54) is 55.6 Å². The van der Waals surface area contributed by atoms with Crippen LogP contribution in [0.3, 0.4) is 0 Å².